The van der Waals surface area contributed by atoms with Gasteiger partial charge in [0.05, 0.1) is 12.6 Å². The third kappa shape index (κ3) is 6.22. The van der Waals surface area contributed by atoms with Crippen molar-refractivity contribution in [3.8, 4) is 5.75 Å². The number of nitrogens with zero attached hydrogens (tertiary/aromatic N) is 1. The highest BCUT2D eigenvalue weighted by molar-refractivity contribution is 14.1. The van der Waals surface area contributed by atoms with Gasteiger partial charge in [0.15, 0.2) is 11.9 Å². The van der Waals surface area contributed by atoms with Gasteiger partial charge in [-0.25, -0.2) is 18.8 Å². The molecule has 0 aliphatic carbocycles. The van der Waals surface area contributed by atoms with E-state index in [0.717, 1.165) is 28.2 Å². The zero-order chi connectivity index (χ0) is 25.3. The van der Waals surface area contributed by atoms with E-state index in [1.165, 1.54) is 41.6 Å². The summed E-state index contributed by atoms with van der Waals surface area (Å²) in [6, 6.07) is 6.38. The molecular formula is C19H21BrFIN3O8P. The van der Waals surface area contributed by atoms with Gasteiger partial charge in [-0.1, -0.05) is 15.9 Å². The van der Waals surface area contributed by atoms with Crippen LogP contribution < -0.4 is 20.9 Å². The Labute approximate surface area is 214 Å². The molecule has 1 aromatic carbocycles. The number of carbonyl (C=O) groups excluding carboxylic acids is 1. The van der Waals surface area contributed by atoms with E-state index in [1.54, 1.807) is 12.1 Å². The maximum absolute atomic E-state index is 15.4. The van der Waals surface area contributed by atoms with Gasteiger partial charge < -0.3 is 14.4 Å². The fourth-order valence-corrected chi connectivity index (χ4v) is 5.33. The first-order chi connectivity index (χ1) is 15.8. The molecule has 3 rings (SSSR count). The molecule has 11 nitrogen and oxygen atoms in total. The third-order valence-corrected chi connectivity index (χ3v) is 8.07. The highest BCUT2D eigenvalue weighted by Gasteiger charge is 2.55. The number of H-pyrrole nitrogens is 1. The van der Waals surface area contributed by atoms with Crippen LogP contribution in [0.4, 0.5) is 4.39 Å². The van der Waals surface area contributed by atoms with E-state index in [-0.39, 0.29) is 9.54 Å². The van der Waals surface area contributed by atoms with Crippen molar-refractivity contribution < 1.29 is 32.6 Å². The molecule has 34 heavy (non-hydrogen) atoms. The van der Waals surface area contributed by atoms with Crippen LogP contribution in [-0.4, -0.2) is 49.0 Å². The first-order valence-electron chi connectivity index (χ1n) is 9.83. The summed E-state index contributed by atoms with van der Waals surface area (Å²) in [5.74, 6) is 0.160. The van der Waals surface area contributed by atoms with Crippen LogP contribution >= 0.6 is 46.3 Å². The molecule has 2 heterocycles. The Kier molecular flexibility index (Phi) is 8.54. The molecule has 15 heteroatoms. The molecule has 0 amide bonds. The van der Waals surface area contributed by atoms with Crippen LogP contribution in [0.15, 0.2) is 50.6 Å². The number of ether oxygens (including phenoxy) is 1. The van der Waals surface area contributed by atoms with Crippen LogP contribution in [0.5, 0.6) is 5.75 Å². The summed E-state index contributed by atoms with van der Waals surface area (Å²) in [5, 5.41) is 13.0. The molecule has 6 atom stereocenters. The zero-order valence-corrected chi connectivity index (χ0v) is 22.5. The second kappa shape index (κ2) is 10.7. The van der Waals surface area contributed by atoms with Gasteiger partial charge >= 0.3 is 13.4 Å². The zero-order valence-electron chi connectivity index (χ0n) is 17.8. The van der Waals surface area contributed by atoms with E-state index >= 15 is 4.39 Å². The summed E-state index contributed by atoms with van der Waals surface area (Å²) in [7, 11) is -4.22. The average molecular weight is 676 g/mol. The summed E-state index contributed by atoms with van der Waals surface area (Å²) in [4.78, 5) is 37.1. The number of carbonyl (C=O) groups is 1. The lowest BCUT2D eigenvalue weighted by atomic mass is 9.98. The SMILES string of the molecule is C[C@H](NP(=O)(OCC1OC(n2ccc(=O)[nH]c2=O)[C@](C)(F)[C@@H]1O)Oc1ccc(Br)cc1)C(=O)I. The minimum absolute atomic E-state index is 0.160. The van der Waals surface area contributed by atoms with E-state index in [9.17, 15) is 24.1 Å². The van der Waals surface area contributed by atoms with Crippen molar-refractivity contribution in [1.29, 1.82) is 0 Å². The Bertz CT molecular complexity index is 1210. The van der Waals surface area contributed by atoms with E-state index in [4.69, 9.17) is 13.8 Å². The number of benzene rings is 1. The first kappa shape index (κ1) is 27.2. The van der Waals surface area contributed by atoms with Crippen molar-refractivity contribution in [2.24, 2.45) is 0 Å². The molecule has 0 radical (unpaired) electrons. The van der Waals surface area contributed by atoms with Crippen molar-refractivity contribution >= 4 is 50.1 Å². The number of aromatic amines is 1. The number of alkyl halides is 1. The van der Waals surface area contributed by atoms with Crippen molar-refractivity contribution in [2.75, 3.05) is 6.61 Å². The summed E-state index contributed by atoms with van der Waals surface area (Å²) in [5.41, 5.74) is -4.09. The number of aromatic nitrogens is 2. The maximum atomic E-state index is 15.4. The van der Waals surface area contributed by atoms with Gasteiger partial charge in [0, 0.05) is 39.3 Å². The number of rotatable bonds is 9. The minimum Gasteiger partial charge on any atom is -0.413 e. The summed E-state index contributed by atoms with van der Waals surface area (Å²) in [6.07, 6.45) is -3.72. The van der Waals surface area contributed by atoms with Gasteiger partial charge in [0.25, 0.3) is 5.56 Å². The van der Waals surface area contributed by atoms with Gasteiger partial charge in [-0.05, 0) is 38.1 Å². The van der Waals surface area contributed by atoms with Crippen LogP contribution in [0.3, 0.4) is 0 Å². The molecule has 1 aliphatic heterocycles. The average Bonchev–Trinajstić information content (AvgIpc) is 2.97. The monoisotopic (exact) mass is 675 g/mol. The van der Waals surface area contributed by atoms with Crippen LogP contribution in [0.25, 0.3) is 0 Å². The lowest BCUT2D eigenvalue weighted by molar-refractivity contribution is -0.110. The predicted molar refractivity (Wildman–Crippen MR) is 131 cm³/mol. The van der Waals surface area contributed by atoms with Crippen molar-refractivity contribution in [3.63, 3.8) is 0 Å². The largest absolute Gasteiger partial charge is 0.459 e. The number of nitrogens with one attached hydrogen (secondary N) is 2. The van der Waals surface area contributed by atoms with E-state index < -0.39 is 55.7 Å². The third-order valence-electron chi connectivity index (χ3n) is 4.96. The van der Waals surface area contributed by atoms with E-state index in [0.29, 0.717) is 0 Å². The molecule has 1 saturated heterocycles. The Balaban J connectivity index is 1.81. The van der Waals surface area contributed by atoms with Crippen LogP contribution in [-0.2, 0) is 18.6 Å². The lowest BCUT2D eigenvalue weighted by Crippen LogP contribution is -2.43. The van der Waals surface area contributed by atoms with Gasteiger partial charge in [-0.3, -0.25) is 23.7 Å². The van der Waals surface area contributed by atoms with Crippen molar-refractivity contribution in [1.82, 2.24) is 14.6 Å². The number of hydrogen-bond donors (Lipinski definition) is 3. The highest BCUT2D eigenvalue weighted by atomic mass is 127. The second-order valence-corrected chi connectivity index (χ2v) is 11.3. The maximum Gasteiger partial charge on any atom is 0.459 e. The van der Waals surface area contributed by atoms with Crippen molar-refractivity contribution in [3.05, 3.63) is 61.8 Å². The van der Waals surface area contributed by atoms with Crippen LogP contribution in [0, 0.1) is 0 Å². The van der Waals surface area contributed by atoms with Crippen molar-refractivity contribution in [2.45, 2.75) is 44.0 Å². The number of hydrogen-bond acceptors (Lipinski definition) is 8. The van der Waals surface area contributed by atoms with Crippen LogP contribution in [0.2, 0.25) is 0 Å². The summed E-state index contributed by atoms with van der Waals surface area (Å²) >= 11 is 4.79. The Morgan fingerprint density at radius 3 is 2.65 bits per heavy atom. The first-order valence-corrected chi connectivity index (χ1v) is 13.2. The molecule has 3 unspecified atom stereocenters. The molecule has 1 fully saturated rings. The molecule has 1 aromatic heterocycles. The van der Waals surface area contributed by atoms with Gasteiger partial charge in [-0.15, -0.1) is 0 Å². The fourth-order valence-electron chi connectivity index (χ4n) is 3.15. The Morgan fingerprint density at radius 1 is 1.41 bits per heavy atom. The second-order valence-electron chi connectivity index (χ2n) is 7.63. The van der Waals surface area contributed by atoms with Gasteiger partial charge in [0.1, 0.15) is 18.0 Å². The van der Waals surface area contributed by atoms with E-state index in [2.05, 4.69) is 21.0 Å². The molecule has 1 aliphatic rings. The summed E-state index contributed by atoms with van der Waals surface area (Å²) in [6.45, 7) is 1.86. The number of aliphatic hydroxyl groups is 1. The molecule has 2 aromatic rings. The standard InChI is InChI=1S/C19H21BrFIN3O8P/c1-10(16(22)28)24-34(30,33-12-5-3-11(20)4-6-12)31-9-13-15(27)19(2,21)17(32-13)25-8-7-14(26)23-18(25)29/h3-8,10,13,15,17,27H,9H2,1-2H3,(H,24,30)(H,23,26,29)/t10-,13?,15+,17?,19+,34?/m0/s1. The van der Waals surface area contributed by atoms with Crippen LogP contribution in [0.1, 0.15) is 20.1 Å². The molecule has 0 saturated carbocycles. The topological polar surface area (TPSA) is 149 Å². The predicted octanol–water partition coefficient (Wildman–Crippen LogP) is 2.43. The summed E-state index contributed by atoms with van der Waals surface area (Å²) < 4.78 is 46.4. The fraction of sp³-hybridized carbons (Fsp3) is 0.421. The normalized spacial score (nSPS) is 27.2. The molecule has 3 N–H and O–H groups in total. The quantitative estimate of drug-likeness (QED) is 0.207. The number of aliphatic hydroxyl groups excluding tert-OH is 1. The Hall–Kier alpha value is -1.42. The Morgan fingerprint density at radius 2 is 2.06 bits per heavy atom. The van der Waals surface area contributed by atoms with Gasteiger partial charge in [-0.2, -0.15) is 0 Å². The molecule has 186 valence electrons. The smallest absolute Gasteiger partial charge is 0.413 e. The molecule has 0 bridgehead atoms. The number of halogens is 3. The highest BCUT2D eigenvalue weighted by Crippen LogP contribution is 2.47. The molecule has 0 spiro atoms. The van der Waals surface area contributed by atoms with Gasteiger partial charge in [0.2, 0.25) is 3.79 Å². The lowest BCUT2D eigenvalue weighted by Gasteiger charge is -2.25. The van der Waals surface area contributed by atoms with E-state index in [1.807, 2.05) is 4.98 Å². The molecular weight excluding hydrogens is 655 g/mol. The minimum atomic E-state index is -4.22.